The van der Waals surface area contributed by atoms with Crippen molar-refractivity contribution in [2.45, 2.75) is 25.0 Å². The SMILES string of the molecule is CN(CC1CCCO1)C(CN)c1cc(F)cc(Cl)c1. The van der Waals surface area contributed by atoms with Crippen LogP contribution in [0.5, 0.6) is 0 Å². The van der Waals surface area contributed by atoms with Crippen LogP contribution in [0.1, 0.15) is 24.4 Å². The molecule has 0 aliphatic carbocycles. The van der Waals surface area contributed by atoms with Gasteiger partial charge in [-0.25, -0.2) is 4.39 Å². The number of nitrogens with zero attached hydrogens (tertiary/aromatic N) is 1. The molecule has 0 bridgehead atoms. The summed E-state index contributed by atoms with van der Waals surface area (Å²) in [5.41, 5.74) is 6.65. The number of benzene rings is 1. The van der Waals surface area contributed by atoms with Gasteiger partial charge in [0.05, 0.1) is 6.10 Å². The van der Waals surface area contributed by atoms with Gasteiger partial charge in [-0.3, -0.25) is 4.90 Å². The Balaban J connectivity index is 2.08. The summed E-state index contributed by atoms with van der Waals surface area (Å²) in [5.74, 6) is -0.327. The molecule has 106 valence electrons. The lowest BCUT2D eigenvalue weighted by atomic mass is 10.0. The van der Waals surface area contributed by atoms with Crippen molar-refractivity contribution >= 4 is 11.6 Å². The van der Waals surface area contributed by atoms with E-state index < -0.39 is 0 Å². The number of rotatable bonds is 5. The van der Waals surface area contributed by atoms with Crippen molar-refractivity contribution < 1.29 is 9.13 Å². The highest BCUT2D eigenvalue weighted by Gasteiger charge is 2.22. The summed E-state index contributed by atoms with van der Waals surface area (Å²) in [6.45, 7) is 2.05. The van der Waals surface area contributed by atoms with Gasteiger partial charge in [-0.2, -0.15) is 0 Å². The fraction of sp³-hybridized carbons (Fsp3) is 0.571. The number of hydrogen-bond donors (Lipinski definition) is 1. The second kappa shape index (κ2) is 6.66. The summed E-state index contributed by atoms with van der Waals surface area (Å²) in [6, 6.07) is 4.53. The molecule has 2 N–H and O–H groups in total. The van der Waals surface area contributed by atoms with E-state index >= 15 is 0 Å². The molecule has 1 aromatic rings. The topological polar surface area (TPSA) is 38.5 Å². The molecule has 0 aromatic heterocycles. The molecule has 0 spiro atoms. The summed E-state index contributed by atoms with van der Waals surface area (Å²) in [4.78, 5) is 2.11. The molecule has 1 aliphatic rings. The zero-order valence-electron chi connectivity index (χ0n) is 11.1. The summed E-state index contributed by atoms with van der Waals surface area (Å²) < 4.78 is 19.0. The van der Waals surface area contributed by atoms with Gasteiger partial charge < -0.3 is 10.5 Å². The maximum Gasteiger partial charge on any atom is 0.125 e. The minimum Gasteiger partial charge on any atom is -0.377 e. The Labute approximate surface area is 118 Å². The lowest BCUT2D eigenvalue weighted by Crippen LogP contribution is -2.36. The third kappa shape index (κ3) is 3.89. The fourth-order valence-electron chi connectivity index (χ4n) is 2.57. The molecular formula is C14H20ClFN2O. The average molecular weight is 287 g/mol. The van der Waals surface area contributed by atoms with Crippen LogP contribution in [0.25, 0.3) is 0 Å². The molecule has 1 saturated heterocycles. The van der Waals surface area contributed by atoms with E-state index in [9.17, 15) is 4.39 Å². The molecule has 5 heteroatoms. The minimum absolute atomic E-state index is 0.0441. The largest absolute Gasteiger partial charge is 0.377 e. The molecule has 0 radical (unpaired) electrons. The summed E-state index contributed by atoms with van der Waals surface area (Å²) >= 11 is 5.90. The Hall–Kier alpha value is -0.680. The van der Waals surface area contributed by atoms with Crippen molar-refractivity contribution in [3.05, 3.63) is 34.6 Å². The van der Waals surface area contributed by atoms with Gasteiger partial charge in [0.15, 0.2) is 0 Å². The lowest BCUT2D eigenvalue weighted by Gasteiger charge is -2.29. The van der Waals surface area contributed by atoms with Crippen LogP contribution < -0.4 is 5.73 Å². The van der Waals surface area contributed by atoms with Crippen molar-refractivity contribution in [1.82, 2.24) is 4.90 Å². The first-order valence-electron chi connectivity index (χ1n) is 6.58. The third-order valence-electron chi connectivity index (χ3n) is 3.54. The first-order chi connectivity index (χ1) is 9.10. The van der Waals surface area contributed by atoms with E-state index in [1.54, 1.807) is 6.07 Å². The smallest absolute Gasteiger partial charge is 0.125 e. The van der Waals surface area contributed by atoms with Gasteiger partial charge in [0.25, 0.3) is 0 Å². The summed E-state index contributed by atoms with van der Waals surface area (Å²) in [5, 5.41) is 0.402. The molecule has 0 amide bonds. The van der Waals surface area contributed by atoms with E-state index in [0.717, 1.165) is 31.6 Å². The Morgan fingerprint density at radius 3 is 2.89 bits per heavy atom. The van der Waals surface area contributed by atoms with Crippen molar-refractivity contribution in [1.29, 1.82) is 0 Å². The second-order valence-corrected chi connectivity index (χ2v) is 5.47. The maximum absolute atomic E-state index is 13.4. The normalized spacial score (nSPS) is 21.0. The Morgan fingerprint density at radius 1 is 1.53 bits per heavy atom. The van der Waals surface area contributed by atoms with Crippen LogP contribution >= 0.6 is 11.6 Å². The fourth-order valence-corrected chi connectivity index (χ4v) is 2.81. The third-order valence-corrected chi connectivity index (χ3v) is 3.76. The molecule has 1 aliphatic heterocycles. The number of nitrogens with two attached hydrogens (primary N) is 1. The highest BCUT2D eigenvalue weighted by Crippen LogP contribution is 2.24. The van der Waals surface area contributed by atoms with Crippen LogP contribution in [-0.4, -0.2) is 37.7 Å². The first-order valence-corrected chi connectivity index (χ1v) is 6.96. The monoisotopic (exact) mass is 286 g/mol. The van der Waals surface area contributed by atoms with Gasteiger partial charge in [0.2, 0.25) is 0 Å². The van der Waals surface area contributed by atoms with E-state index in [0.29, 0.717) is 11.6 Å². The highest BCUT2D eigenvalue weighted by molar-refractivity contribution is 6.30. The van der Waals surface area contributed by atoms with Crippen LogP contribution in [0.4, 0.5) is 4.39 Å². The molecule has 19 heavy (non-hydrogen) atoms. The van der Waals surface area contributed by atoms with Crippen LogP contribution in [0.15, 0.2) is 18.2 Å². The summed E-state index contributed by atoms with van der Waals surface area (Å²) in [6.07, 6.45) is 2.44. The van der Waals surface area contributed by atoms with E-state index in [4.69, 9.17) is 22.1 Å². The average Bonchev–Trinajstić information content (AvgIpc) is 2.81. The van der Waals surface area contributed by atoms with Gasteiger partial charge in [-0.05, 0) is 43.7 Å². The molecule has 1 heterocycles. The van der Waals surface area contributed by atoms with Gasteiger partial charge >= 0.3 is 0 Å². The Morgan fingerprint density at radius 2 is 2.32 bits per heavy atom. The van der Waals surface area contributed by atoms with Crippen molar-refractivity contribution in [3.63, 3.8) is 0 Å². The summed E-state index contributed by atoms with van der Waals surface area (Å²) in [7, 11) is 1.98. The van der Waals surface area contributed by atoms with E-state index in [2.05, 4.69) is 4.90 Å². The maximum atomic E-state index is 13.4. The molecular weight excluding hydrogens is 267 g/mol. The van der Waals surface area contributed by atoms with Crippen molar-refractivity contribution in [2.75, 3.05) is 26.7 Å². The van der Waals surface area contributed by atoms with Crippen LogP contribution in [0.2, 0.25) is 5.02 Å². The number of likely N-dealkylation sites (N-methyl/N-ethyl adjacent to an activating group) is 1. The highest BCUT2D eigenvalue weighted by atomic mass is 35.5. The zero-order chi connectivity index (χ0) is 13.8. The molecule has 1 aromatic carbocycles. The number of ether oxygens (including phenoxy) is 1. The second-order valence-electron chi connectivity index (χ2n) is 5.03. The Kier molecular flexibility index (Phi) is 5.16. The standard InChI is InChI=1S/C14H20ClFN2O/c1-18(9-13-3-2-4-19-13)14(8-17)10-5-11(15)7-12(16)6-10/h5-7,13-14H,2-4,8-9,17H2,1H3. The number of hydrogen-bond acceptors (Lipinski definition) is 3. The number of halogens is 2. The van der Waals surface area contributed by atoms with Crippen molar-refractivity contribution in [3.8, 4) is 0 Å². The van der Waals surface area contributed by atoms with E-state index in [1.165, 1.54) is 12.1 Å². The van der Waals surface area contributed by atoms with Gasteiger partial charge in [-0.1, -0.05) is 11.6 Å². The van der Waals surface area contributed by atoms with Crippen molar-refractivity contribution in [2.24, 2.45) is 5.73 Å². The minimum atomic E-state index is -0.327. The predicted octanol–water partition coefficient (Wildman–Crippen LogP) is 2.59. The molecule has 2 rings (SSSR count). The molecule has 1 fully saturated rings. The molecule has 2 unspecified atom stereocenters. The van der Waals surface area contributed by atoms with Gasteiger partial charge in [0.1, 0.15) is 5.82 Å². The quantitative estimate of drug-likeness (QED) is 0.904. The van der Waals surface area contributed by atoms with Crippen LogP contribution in [-0.2, 0) is 4.74 Å². The predicted molar refractivity (Wildman–Crippen MR) is 74.8 cm³/mol. The van der Waals surface area contributed by atoms with E-state index in [1.807, 2.05) is 7.05 Å². The first kappa shape index (κ1) is 14.7. The van der Waals surface area contributed by atoms with Gasteiger partial charge in [0, 0.05) is 30.8 Å². The van der Waals surface area contributed by atoms with Crippen LogP contribution in [0, 0.1) is 5.82 Å². The molecule has 2 atom stereocenters. The lowest BCUT2D eigenvalue weighted by molar-refractivity contribution is 0.0689. The van der Waals surface area contributed by atoms with Crippen LogP contribution in [0.3, 0.4) is 0 Å². The van der Waals surface area contributed by atoms with Gasteiger partial charge in [-0.15, -0.1) is 0 Å². The molecule has 0 saturated carbocycles. The van der Waals surface area contributed by atoms with E-state index in [-0.39, 0.29) is 18.0 Å². The molecule has 3 nitrogen and oxygen atoms in total. The Bertz CT molecular complexity index is 404. The zero-order valence-corrected chi connectivity index (χ0v) is 11.9.